The molecule has 1 atom stereocenters. The average molecular weight is 399 g/mol. The maximum absolute atomic E-state index is 13.1. The summed E-state index contributed by atoms with van der Waals surface area (Å²) in [6.45, 7) is 9.82. The molecule has 2 aromatic heterocycles. The van der Waals surface area contributed by atoms with E-state index in [2.05, 4.69) is 42.2 Å². The van der Waals surface area contributed by atoms with E-state index in [4.69, 9.17) is 0 Å². The summed E-state index contributed by atoms with van der Waals surface area (Å²) in [5.74, 6) is 1.04. The molecule has 3 rings (SSSR count). The van der Waals surface area contributed by atoms with E-state index in [1.165, 1.54) is 0 Å². The highest BCUT2D eigenvalue weighted by molar-refractivity contribution is 5.95. The van der Waals surface area contributed by atoms with Crippen LogP contribution < -0.4 is 10.2 Å². The number of likely N-dealkylation sites (tertiary alicyclic amines) is 1. The molecule has 0 radical (unpaired) electrons. The molecule has 1 fully saturated rings. The van der Waals surface area contributed by atoms with Gasteiger partial charge in [-0.3, -0.25) is 9.48 Å². The molecule has 158 valence electrons. The van der Waals surface area contributed by atoms with Crippen LogP contribution in [0.5, 0.6) is 0 Å². The van der Waals surface area contributed by atoms with Gasteiger partial charge in [-0.2, -0.15) is 5.10 Å². The second kappa shape index (κ2) is 8.43. The van der Waals surface area contributed by atoms with Gasteiger partial charge in [0.15, 0.2) is 0 Å². The highest BCUT2D eigenvalue weighted by Gasteiger charge is 2.26. The zero-order valence-electron chi connectivity index (χ0n) is 18.6. The summed E-state index contributed by atoms with van der Waals surface area (Å²) in [5, 5.41) is 8.05. The molecule has 1 N–H and O–H groups in total. The SMILES string of the molecule is Cc1c(C(=O)N2CCCC(Nc3ccc(N(C)C)nc3)CC2)cnn1C(C)(C)C. The van der Waals surface area contributed by atoms with E-state index in [0.29, 0.717) is 6.04 Å². The predicted octanol–water partition coefficient (Wildman–Crippen LogP) is 3.51. The van der Waals surface area contributed by atoms with Crippen LogP contribution >= 0.6 is 0 Å². The minimum absolute atomic E-state index is 0.0932. The molecule has 0 aromatic carbocycles. The fourth-order valence-electron chi connectivity index (χ4n) is 3.88. The van der Waals surface area contributed by atoms with Gasteiger partial charge < -0.3 is 15.1 Å². The summed E-state index contributed by atoms with van der Waals surface area (Å²) in [6, 6.07) is 4.43. The number of nitrogens with one attached hydrogen (secondary N) is 1. The van der Waals surface area contributed by atoms with E-state index in [0.717, 1.165) is 55.1 Å². The van der Waals surface area contributed by atoms with E-state index in [-0.39, 0.29) is 11.4 Å². The molecule has 0 saturated carbocycles. The average Bonchev–Trinajstić information content (AvgIpc) is 2.90. The number of carbonyl (C=O) groups excluding carboxylic acids is 1. The zero-order valence-corrected chi connectivity index (χ0v) is 18.6. The van der Waals surface area contributed by atoms with Crippen molar-refractivity contribution in [1.82, 2.24) is 19.7 Å². The molecule has 7 nitrogen and oxygen atoms in total. The Kier molecular flexibility index (Phi) is 6.15. The Labute approximate surface area is 174 Å². The first-order valence-corrected chi connectivity index (χ1v) is 10.4. The van der Waals surface area contributed by atoms with Crippen molar-refractivity contribution in [2.45, 2.75) is 58.5 Å². The monoisotopic (exact) mass is 398 g/mol. The highest BCUT2D eigenvalue weighted by atomic mass is 16.2. The topological polar surface area (TPSA) is 66.3 Å². The number of aromatic nitrogens is 3. The lowest BCUT2D eigenvalue weighted by Crippen LogP contribution is -2.33. The number of hydrogen-bond donors (Lipinski definition) is 1. The summed E-state index contributed by atoms with van der Waals surface area (Å²) in [4.78, 5) is 21.6. The first-order valence-electron chi connectivity index (χ1n) is 10.4. The van der Waals surface area contributed by atoms with Crippen LogP contribution in [-0.4, -0.2) is 58.8 Å². The van der Waals surface area contributed by atoms with Crippen LogP contribution in [0.2, 0.25) is 0 Å². The maximum atomic E-state index is 13.1. The largest absolute Gasteiger partial charge is 0.381 e. The van der Waals surface area contributed by atoms with Crippen LogP contribution in [0.15, 0.2) is 24.5 Å². The Morgan fingerprint density at radius 1 is 1.17 bits per heavy atom. The number of hydrogen-bond acceptors (Lipinski definition) is 5. The van der Waals surface area contributed by atoms with Crippen molar-refractivity contribution in [2.24, 2.45) is 0 Å². The molecule has 0 aliphatic carbocycles. The minimum Gasteiger partial charge on any atom is -0.381 e. The van der Waals surface area contributed by atoms with E-state index >= 15 is 0 Å². The molecule has 7 heteroatoms. The molecule has 1 amide bonds. The van der Waals surface area contributed by atoms with E-state index < -0.39 is 0 Å². The van der Waals surface area contributed by atoms with Crippen LogP contribution in [0.3, 0.4) is 0 Å². The molecular weight excluding hydrogens is 364 g/mol. The van der Waals surface area contributed by atoms with Crippen molar-refractivity contribution in [2.75, 3.05) is 37.4 Å². The number of amides is 1. The molecule has 29 heavy (non-hydrogen) atoms. The molecule has 3 heterocycles. The zero-order chi connectivity index (χ0) is 21.2. The Morgan fingerprint density at radius 2 is 1.93 bits per heavy atom. The Balaban J connectivity index is 1.62. The van der Waals surface area contributed by atoms with Crippen LogP contribution in [-0.2, 0) is 5.54 Å². The third-order valence-corrected chi connectivity index (χ3v) is 5.47. The van der Waals surface area contributed by atoms with Crippen LogP contribution in [0.1, 0.15) is 56.1 Å². The van der Waals surface area contributed by atoms with Gasteiger partial charge in [0.05, 0.1) is 29.2 Å². The van der Waals surface area contributed by atoms with Gasteiger partial charge in [0.1, 0.15) is 5.82 Å². The molecule has 1 aliphatic rings. The van der Waals surface area contributed by atoms with Gasteiger partial charge in [0.25, 0.3) is 5.91 Å². The summed E-state index contributed by atoms with van der Waals surface area (Å²) in [6.07, 6.45) is 6.56. The van der Waals surface area contributed by atoms with Crippen molar-refractivity contribution < 1.29 is 4.79 Å². The normalized spacial score (nSPS) is 17.7. The highest BCUT2D eigenvalue weighted by Crippen LogP contribution is 2.22. The molecule has 1 aliphatic heterocycles. The predicted molar refractivity (Wildman–Crippen MR) is 118 cm³/mol. The van der Waals surface area contributed by atoms with Crippen molar-refractivity contribution in [3.05, 3.63) is 35.8 Å². The number of pyridine rings is 1. The fourth-order valence-corrected chi connectivity index (χ4v) is 3.88. The number of carbonyl (C=O) groups is 1. The second-order valence-corrected chi connectivity index (χ2v) is 9.09. The lowest BCUT2D eigenvalue weighted by Gasteiger charge is -2.23. The van der Waals surface area contributed by atoms with Gasteiger partial charge in [-0.25, -0.2) is 4.98 Å². The summed E-state index contributed by atoms with van der Waals surface area (Å²) >= 11 is 0. The number of rotatable bonds is 4. The Bertz CT molecular complexity index is 834. The molecule has 2 aromatic rings. The quantitative estimate of drug-likeness (QED) is 0.854. The minimum atomic E-state index is -0.132. The fraction of sp³-hybridized carbons (Fsp3) is 0.591. The third-order valence-electron chi connectivity index (χ3n) is 5.47. The molecule has 0 bridgehead atoms. The third kappa shape index (κ3) is 4.89. The molecule has 1 saturated heterocycles. The van der Waals surface area contributed by atoms with Crippen LogP contribution in [0.4, 0.5) is 11.5 Å². The Morgan fingerprint density at radius 3 is 2.52 bits per heavy atom. The van der Waals surface area contributed by atoms with Crippen LogP contribution in [0, 0.1) is 6.92 Å². The summed E-state index contributed by atoms with van der Waals surface area (Å²) < 4.78 is 1.94. The van der Waals surface area contributed by atoms with Gasteiger partial charge in [-0.1, -0.05) is 0 Å². The van der Waals surface area contributed by atoms with Crippen molar-refractivity contribution >= 4 is 17.4 Å². The van der Waals surface area contributed by atoms with Gasteiger partial charge in [0.2, 0.25) is 0 Å². The molecular formula is C22H34N6O. The van der Waals surface area contributed by atoms with Crippen molar-refractivity contribution in [3.63, 3.8) is 0 Å². The molecule has 1 unspecified atom stereocenters. The van der Waals surface area contributed by atoms with Gasteiger partial charge in [-0.15, -0.1) is 0 Å². The van der Waals surface area contributed by atoms with Crippen molar-refractivity contribution in [3.8, 4) is 0 Å². The second-order valence-electron chi connectivity index (χ2n) is 9.09. The van der Waals surface area contributed by atoms with Gasteiger partial charge >= 0.3 is 0 Å². The van der Waals surface area contributed by atoms with Crippen LogP contribution in [0.25, 0.3) is 0 Å². The standard InChI is InChI=1S/C22H34N6O/c1-16-19(15-24-28(16)22(2,3)4)21(29)27-12-7-8-17(11-13-27)25-18-9-10-20(23-14-18)26(5)6/h9-10,14-15,17,25H,7-8,11-13H2,1-6H3. The smallest absolute Gasteiger partial charge is 0.257 e. The van der Waals surface area contributed by atoms with E-state index in [1.54, 1.807) is 6.20 Å². The number of anilines is 2. The van der Waals surface area contributed by atoms with Gasteiger partial charge in [0, 0.05) is 38.9 Å². The lowest BCUT2D eigenvalue weighted by molar-refractivity contribution is 0.0760. The van der Waals surface area contributed by atoms with E-state index in [9.17, 15) is 4.79 Å². The van der Waals surface area contributed by atoms with Crippen molar-refractivity contribution in [1.29, 1.82) is 0 Å². The first kappa shape index (κ1) is 21.1. The lowest BCUT2D eigenvalue weighted by atomic mass is 10.1. The first-order chi connectivity index (χ1) is 13.7. The van der Waals surface area contributed by atoms with Gasteiger partial charge in [-0.05, 0) is 59.1 Å². The summed E-state index contributed by atoms with van der Waals surface area (Å²) in [5.41, 5.74) is 2.55. The number of nitrogens with zero attached hydrogens (tertiary/aromatic N) is 5. The molecule has 0 spiro atoms. The summed E-state index contributed by atoms with van der Waals surface area (Å²) in [7, 11) is 3.97. The Hall–Kier alpha value is -2.57. The van der Waals surface area contributed by atoms with E-state index in [1.807, 2.05) is 47.8 Å². The maximum Gasteiger partial charge on any atom is 0.257 e.